The molecule has 1 aromatic heterocycles. The number of carbonyl (C=O) groups excluding carboxylic acids is 1. The van der Waals surface area contributed by atoms with Crippen molar-refractivity contribution in [2.24, 2.45) is 0 Å². The number of aromatic nitrogens is 3. The second-order valence-corrected chi connectivity index (χ2v) is 7.57. The fourth-order valence-corrected chi connectivity index (χ4v) is 3.56. The largest absolute Gasteiger partial charge is 0.549 e. The van der Waals surface area contributed by atoms with E-state index in [9.17, 15) is 9.90 Å². The number of nitrogens with zero attached hydrogens (tertiary/aromatic N) is 3. The molecule has 0 amide bonds. The lowest BCUT2D eigenvalue weighted by Gasteiger charge is -2.11. The van der Waals surface area contributed by atoms with Crippen LogP contribution in [0.2, 0.25) is 0 Å². The van der Waals surface area contributed by atoms with Gasteiger partial charge in [0.05, 0.1) is 19.1 Å². The molecule has 3 rings (SSSR count). The average Bonchev–Trinajstić information content (AvgIpc) is 3.12. The Balaban J connectivity index is 1.71. The van der Waals surface area contributed by atoms with Crippen LogP contribution >= 0.6 is 11.8 Å². The van der Waals surface area contributed by atoms with E-state index in [1.54, 1.807) is 0 Å². The summed E-state index contributed by atoms with van der Waals surface area (Å²) in [5, 5.41) is 20.0. The first-order chi connectivity index (χ1) is 14.2. The maximum Gasteiger partial charge on any atom is 0.191 e. The number of ether oxygens (including phenoxy) is 1. The lowest BCUT2D eigenvalue weighted by atomic mass is 10.1. The third-order valence-corrected chi connectivity index (χ3v) is 5.27. The summed E-state index contributed by atoms with van der Waals surface area (Å²) in [6, 6.07) is 18.1. The Morgan fingerprint density at radius 2 is 1.79 bits per heavy atom. The van der Waals surface area contributed by atoms with E-state index in [1.807, 2.05) is 47.0 Å². The number of benzene rings is 2. The van der Waals surface area contributed by atoms with Crippen LogP contribution in [0.4, 0.5) is 0 Å². The lowest BCUT2D eigenvalue weighted by Crippen LogP contribution is -2.24. The molecule has 2 aromatic carbocycles. The Morgan fingerprint density at radius 1 is 1.03 bits per heavy atom. The molecular weight excluding hydrogens is 386 g/mol. The van der Waals surface area contributed by atoms with Gasteiger partial charge in [-0.15, -0.1) is 10.2 Å². The van der Waals surface area contributed by atoms with Gasteiger partial charge < -0.3 is 19.2 Å². The molecule has 0 N–H and O–H groups in total. The molecule has 7 heteroatoms. The van der Waals surface area contributed by atoms with Gasteiger partial charge >= 0.3 is 0 Å². The summed E-state index contributed by atoms with van der Waals surface area (Å²) in [5.74, 6) is 0.451. The van der Waals surface area contributed by atoms with E-state index >= 15 is 0 Å². The van der Waals surface area contributed by atoms with Gasteiger partial charge in [-0.05, 0) is 36.1 Å². The van der Waals surface area contributed by atoms with Gasteiger partial charge in [-0.3, -0.25) is 0 Å². The van der Waals surface area contributed by atoms with Gasteiger partial charge in [0.15, 0.2) is 5.16 Å². The Kier molecular flexibility index (Phi) is 7.69. The van der Waals surface area contributed by atoms with Gasteiger partial charge in [0, 0.05) is 12.2 Å². The zero-order valence-electron chi connectivity index (χ0n) is 16.4. The Bertz CT molecular complexity index is 911. The van der Waals surface area contributed by atoms with Gasteiger partial charge in [0.1, 0.15) is 11.6 Å². The van der Waals surface area contributed by atoms with Crippen LogP contribution in [0.25, 0.3) is 0 Å². The molecule has 0 saturated carbocycles. The monoisotopic (exact) mass is 410 g/mol. The minimum absolute atomic E-state index is 0.147. The van der Waals surface area contributed by atoms with Crippen LogP contribution in [0.1, 0.15) is 30.3 Å². The highest BCUT2D eigenvalue weighted by Gasteiger charge is 2.13. The van der Waals surface area contributed by atoms with E-state index < -0.39 is 5.97 Å². The van der Waals surface area contributed by atoms with Crippen molar-refractivity contribution in [3.05, 3.63) is 71.5 Å². The number of aliphatic carboxylic acids is 1. The van der Waals surface area contributed by atoms with E-state index in [0.29, 0.717) is 24.7 Å². The molecule has 152 valence electrons. The number of hydrogen-bond donors (Lipinski definition) is 0. The number of carboxylic acids is 1. The standard InChI is InChI=1S/C22H25N3O3S/c1-2-14-28-19-11-8-17(9-12-19)10-13-20-23-24-22(29-16-21(26)27)25(20)15-18-6-4-3-5-7-18/h3-9,11-12H,2,10,13-16H2,1H3,(H,26,27)/p-1. The van der Waals surface area contributed by atoms with Gasteiger partial charge in [0.2, 0.25) is 0 Å². The van der Waals surface area contributed by atoms with Crippen molar-refractivity contribution in [3.8, 4) is 5.75 Å². The van der Waals surface area contributed by atoms with Crippen molar-refractivity contribution in [3.63, 3.8) is 0 Å². The maximum absolute atomic E-state index is 10.9. The third-order valence-electron chi connectivity index (χ3n) is 4.33. The summed E-state index contributed by atoms with van der Waals surface area (Å²) in [7, 11) is 0. The summed E-state index contributed by atoms with van der Waals surface area (Å²) < 4.78 is 7.61. The molecule has 0 aliphatic heterocycles. The van der Waals surface area contributed by atoms with Crippen LogP contribution in [0.15, 0.2) is 59.8 Å². The van der Waals surface area contributed by atoms with Gasteiger partial charge in [-0.2, -0.15) is 0 Å². The number of thioether (sulfide) groups is 1. The second-order valence-electron chi connectivity index (χ2n) is 6.62. The highest BCUT2D eigenvalue weighted by Crippen LogP contribution is 2.20. The van der Waals surface area contributed by atoms with E-state index in [4.69, 9.17) is 4.74 Å². The third kappa shape index (κ3) is 6.35. The smallest absolute Gasteiger partial charge is 0.191 e. The van der Waals surface area contributed by atoms with Gasteiger partial charge in [0.25, 0.3) is 0 Å². The summed E-state index contributed by atoms with van der Waals surface area (Å²) in [4.78, 5) is 10.9. The summed E-state index contributed by atoms with van der Waals surface area (Å²) in [5.41, 5.74) is 2.30. The Labute approximate surface area is 174 Å². The molecule has 29 heavy (non-hydrogen) atoms. The maximum atomic E-state index is 10.9. The van der Waals surface area contributed by atoms with Crippen LogP contribution in [0, 0.1) is 0 Å². The SMILES string of the molecule is CCCOc1ccc(CCc2nnc(SCC(=O)[O-])n2Cc2ccccc2)cc1. The van der Waals surface area contributed by atoms with Crippen LogP contribution < -0.4 is 9.84 Å². The Morgan fingerprint density at radius 3 is 2.48 bits per heavy atom. The fourth-order valence-electron chi connectivity index (χ4n) is 2.89. The number of carbonyl (C=O) groups is 1. The number of rotatable bonds is 11. The first-order valence-electron chi connectivity index (χ1n) is 9.66. The number of hydrogen-bond acceptors (Lipinski definition) is 6. The zero-order chi connectivity index (χ0) is 20.5. The van der Waals surface area contributed by atoms with Crippen molar-refractivity contribution in [2.75, 3.05) is 12.4 Å². The molecule has 6 nitrogen and oxygen atoms in total. The molecule has 0 aliphatic rings. The summed E-state index contributed by atoms with van der Waals surface area (Å²) in [6.07, 6.45) is 2.50. The minimum atomic E-state index is -1.11. The quantitative estimate of drug-likeness (QED) is 0.452. The summed E-state index contributed by atoms with van der Waals surface area (Å²) >= 11 is 1.14. The van der Waals surface area contributed by atoms with E-state index in [-0.39, 0.29) is 5.75 Å². The van der Waals surface area contributed by atoms with Crippen molar-refractivity contribution < 1.29 is 14.6 Å². The van der Waals surface area contributed by atoms with Crippen molar-refractivity contribution in [2.45, 2.75) is 37.9 Å². The van der Waals surface area contributed by atoms with E-state index in [0.717, 1.165) is 41.7 Å². The molecule has 0 unspecified atom stereocenters. The predicted molar refractivity (Wildman–Crippen MR) is 111 cm³/mol. The van der Waals surface area contributed by atoms with Crippen LogP contribution in [-0.2, 0) is 24.2 Å². The van der Waals surface area contributed by atoms with Gasteiger partial charge in [-0.1, -0.05) is 61.2 Å². The second kappa shape index (κ2) is 10.7. The zero-order valence-corrected chi connectivity index (χ0v) is 17.2. The highest BCUT2D eigenvalue weighted by atomic mass is 32.2. The average molecular weight is 411 g/mol. The summed E-state index contributed by atoms with van der Waals surface area (Å²) in [6.45, 7) is 3.40. The molecule has 1 heterocycles. The van der Waals surface area contributed by atoms with E-state index in [1.165, 1.54) is 5.56 Å². The first-order valence-corrected chi connectivity index (χ1v) is 10.6. The molecule has 0 aliphatic carbocycles. The number of carboxylic acid groups (broad SMARTS) is 1. The van der Waals surface area contributed by atoms with Crippen LogP contribution in [0.3, 0.4) is 0 Å². The lowest BCUT2D eigenvalue weighted by molar-refractivity contribution is -0.301. The molecule has 0 bridgehead atoms. The molecule has 3 aromatic rings. The Hall–Kier alpha value is -2.80. The normalized spacial score (nSPS) is 10.8. The molecule has 0 spiro atoms. The van der Waals surface area contributed by atoms with Crippen molar-refractivity contribution in [1.29, 1.82) is 0 Å². The molecule has 0 radical (unpaired) electrons. The molecule has 0 fully saturated rings. The molecular formula is C22H24N3O3S-. The first kappa shape index (κ1) is 20.9. The van der Waals surface area contributed by atoms with Crippen LogP contribution in [0.5, 0.6) is 5.75 Å². The fraction of sp³-hybridized carbons (Fsp3) is 0.318. The molecule has 0 saturated heterocycles. The minimum Gasteiger partial charge on any atom is -0.549 e. The van der Waals surface area contributed by atoms with Crippen LogP contribution in [-0.4, -0.2) is 33.1 Å². The van der Waals surface area contributed by atoms with E-state index in [2.05, 4.69) is 29.3 Å². The predicted octanol–water partition coefficient (Wildman–Crippen LogP) is 2.74. The topological polar surface area (TPSA) is 80.1 Å². The van der Waals surface area contributed by atoms with Crippen molar-refractivity contribution in [1.82, 2.24) is 14.8 Å². The number of aryl methyl sites for hydroxylation is 2. The highest BCUT2D eigenvalue weighted by molar-refractivity contribution is 7.99. The molecule has 0 atom stereocenters. The van der Waals surface area contributed by atoms with Gasteiger partial charge in [-0.25, -0.2) is 0 Å². The van der Waals surface area contributed by atoms with Crippen molar-refractivity contribution >= 4 is 17.7 Å².